The zero-order valence-corrected chi connectivity index (χ0v) is 14.5. The Kier molecular flexibility index (Phi) is 5.43. The maximum Gasteiger partial charge on any atom is 0.254 e. The predicted molar refractivity (Wildman–Crippen MR) is 95.3 cm³/mol. The molecule has 0 atom stereocenters. The first-order valence-corrected chi connectivity index (χ1v) is 8.01. The van der Waals surface area contributed by atoms with Crippen molar-refractivity contribution in [3.8, 4) is 5.75 Å². The van der Waals surface area contributed by atoms with Gasteiger partial charge in [0.05, 0.1) is 7.11 Å². The van der Waals surface area contributed by atoms with Gasteiger partial charge >= 0.3 is 0 Å². The number of carbonyl (C=O) groups is 1. The molecule has 0 radical (unpaired) electrons. The second-order valence-corrected chi connectivity index (χ2v) is 6.21. The van der Waals surface area contributed by atoms with Crippen LogP contribution in [0.2, 0.25) is 0 Å². The average molecular weight is 311 g/mol. The summed E-state index contributed by atoms with van der Waals surface area (Å²) in [4.78, 5) is 14.8. The number of allylic oxidation sites excluding steroid dienone is 3. The lowest BCUT2D eigenvalue weighted by atomic mass is 10.0. The van der Waals surface area contributed by atoms with Crippen molar-refractivity contribution >= 4 is 12.0 Å². The lowest BCUT2D eigenvalue weighted by Gasteiger charge is -2.31. The molecular formula is C20H25NO2. The number of ether oxygens (including phenoxy) is 1. The van der Waals surface area contributed by atoms with Gasteiger partial charge in [0.2, 0.25) is 0 Å². The smallest absolute Gasteiger partial charge is 0.254 e. The van der Waals surface area contributed by atoms with Crippen LogP contribution in [0, 0.1) is 0 Å². The van der Waals surface area contributed by atoms with E-state index in [1.807, 2.05) is 81.2 Å². The molecule has 23 heavy (non-hydrogen) atoms. The molecule has 3 nitrogen and oxygen atoms in total. The number of benzene rings is 1. The monoisotopic (exact) mass is 311 g/mol. The third kappa shape index (κ3) is 3.92. The van der Waals surface area contributed by atoms with E-state index in [9.17, 15) is 4.79 Å². The first-order chi connectivity index (χ1) is 10.9. The number of hydrogen-bond acceptors (Lipinski definition) is 2. The summed E-state index contributed by atoms with van der Waals surface area (Å²) in [7, 11) is 1.65. The second-order valence-electron chi connectivity index (χ2n) is 6.21. The standard InChI is InChI=1S/C20H25NO2/c1-14(2)21(15(3)4)20(22)19-8-6-7-17(19)13-16-9-11-18(23-5)12-10-16/h6-15H,1-5H3/b17-13+. The van der Waals surface area contributed by atoms with E-state index in [0.717, 1.165) is 22.5 Å². The molecule has 3 heteroatoms. The summed E-state index contributed by atoms with van der Waals surface area (Å²) in [5.74, 6) is 0.909. The van der Waals surface area contributed by atoms with Gasteiger partial charge in [-0.15, -0.1) is 0 Å². The Morgan fingerprint density at radius 1 is 1.09 bits per heavy atom. The first-order valence-electron chi connectivity index (χ1n) is 8.01. The van der Waals surface area contributed by atoms with Gasteiger partial charge in [-0.25, -0.2) is 0 Å². The van der Waals surface area contributed by atoms with E-state index in [1.54, 1.807) is 7.11 Å². The van der Waals surface area contributed by atoms with Crippen molar-refractivity contribution in [3.05, 3.63) is 59.2 Å². The van der Waals surface area contributed by atoms with Crippen LogP contribution in [0.15, 0.2) is 53.6 Å². The molecule has 122 valence electrons. The van der Waals surface area contributed by atoms with Crippen molar-refractivity contribution in [1.29, 1.82) is 0 Å². The van der Waals surface area contributed by atoms with Crippen LogP contribution < -0.4 is 4.74 Å². The highest BCUT2D eigenvalue weighted by molar-refractivity contribution is 6.02. The second kappa shape index (κ2) is 7.32. The summed E-state index contributed by atoms with van der Waals surface area (Å²) in [6, 6.07) is 8.17. The highest BCUT2D eigenvalue weighted by Crippen LogP contribution is 2.25. The maximum absolute atomic E-state index is 12.9. The van der Waals surface area contributed by atoms with Crippen molar-refractivity contribution in [1.82, 2.24) is 4.90 Å². The van der Waals surface area contributed by atoms with Crippen molar-refractivity contribution in [2.24, 2.45) is 0 Å². The van der Waals surface area contributed by atoms with Crippen LogP contribution in [-0.2, 0) is 4.79 Å². The van der Waals surface area contributed by atoms with E-state index in [4.69, 9.17) is 4.74 Å². The molecule has 1 aromatic rings. The summed E-state index contributed by atoms with van der Waals surface area (Å²) >= 11 is 0. The molecule has 0 unspecified atom stereocenters. The summed E-state index contributed by atoms with van der Waals surface area (Å²) < 4.78 is 5.18. The molecule has 0 spiro atoms. The van der Waals surface area contributed by atoms with Gasteiger partial charge in [0.1, 0.15) is 5.75 Å². The van der Waals surface area contributed by atoms with Gasteiger partial charge < -0.3 is 9.64 Å². The van der Waals surface area contributed by atoms with Crippen molar-refractivity contribution in [2.75, 3.05) is 7.11 Å². The highest BCUT2D eigenvalue weighted by atomic mass is 16.5. The zero-order valence-electron chi connectivity index (χ0n) is 14.5. The average Bonchev–Trinajstić information content (AvgIpc) is 2.95. The van der Waals surface area contributed by atoms with Crippen LogP contribution in [0.4, 0.5) is 0 Å². The number of rotatable bonds is 5. The quantitative estimate of drug-likeness (QED) is 0.815. The van der Waals surface area contributed by atoms with Gasteiger partial charge in [0.15, 0.2) is 0 Å². The van der Waals surface area contributed by atoms with Gasteiger partial charge in [-0.2, -0.15) is 0 Å². The molecule has 0 aliphatic heterocycles. The molecule has 0 saturated heterocycles. The maximum atomic E-state index is 12.9. The number of hydrogen-bond donors (Lipinski definition) is 0. The lowest BCUT2D eigenvalue weighted by molar-refractivity contribution is -0.130. The predicted octanol–water partition coefficient (Wildman–Crippen LogP) is 4.22. The van der Waals surface area contributed by atoms with E-state index in [-0.39, 0.29) is 18.0 Å². The Morgan fingerprint density at radius 2 is 1.70 bits per heavy atom. The summed E-state index contributed by atoms with van der Waals surface area (Å²) in [6.45, 7) is 8.20. The minimum atomic E-state index is 0.0831. The molecule has 1 aliphatic rings. The molecular weight excluding hydrogens is 286 g/mol. The molecule has 0 N–H and O–H groups in total. The van der Waals surface area contributed by atoms with Crippen molar-refractivity contribution in [3.63, 3.8) is 0 Å². The Hall–Kier alpha value is -2.29. The molecule has 0 aromatic heterocycles. The molecule has 2 rings (SSSR count). The van der Waals surface area contributed by atoms with E-state index < -0.39 is 0 Å². The van der Waals surface area contributed by atoms with E-state index in [1.165, 1.54) is 0 Å². The number of methoxy groups -OCH3 is 1. The van der Waals surface area contributed by atoms with Crippen LogP contribution >= 0.6 is 0 Å². The minimum Gasteiger partial charge on any atom is -0.497 e. The van der Waals surface area contributed by atoms with E-state index in [2.05, 4.69) is 0 Å². The zero-order chi connectivity index (χ0) is 17.0. The Labute approximate surface area is 139 Å². The van der Waals surface area contributed by atoms with Gasteiger partial charge in [-0.3, -0.25) is 4.79 Å². The Balaban J connectivity index is 2.26. The fourth-order valence-electron chi connectivity index (χ4n) is 2.84. The summed E-state index contributed by atoms with van der Waals surface area (Å²) in [5.41, 5.74) is 2.75. The molecule has 0 heterocycles. The van der Waals surface area contributed by atoms with E-state index >= 15 is 0 Å². The van der Waals surface area contributed by atoms with Gasteiger partial charge in [0, 0.05) is 17.7 Å². The van der Waals surface area contributed by atoms with Crippen molar-refractivity contribution < 1.29 is 9.53 Å². The third-order valence-electron chi connectivity index (χ3n) is 3.87. The van der Waals surface area contributed by atoms with Crippen LogP contribution in [0.3, 0.4) is 0 Å². The van der Waals surface area contributed by atoms with Crippen LogP contribution in [0.25, 0.3) is 6.08 Å². The fourth-order valence-corrected chi connectivity index (χ4v) is 2.84. The van der Waals surface area contributed by atoms with Gasteiger partial charge in [0.25, 0.3) is 5.91 Å². The van der Waals surface area contributed by atoms with Crippen LogP contribution in [0.1, 0.15) is 33.3 Å². The molecule has 1 amide bonds. The van der Waals surface area contributed by atoms with Gasteiger partial charge in [-0.05, 0) is 63.1 Å². The minimum absolute atomic E-state index is 0.0831. The lowest BCUT2D eigenvalue weighted by Crippen LogP contribution is -2.42. The molecule has 1 aromatic carbocycles. The van der Waals surface area contributed by atoms with E-state index in [0.29, 0.717) is 0 Å². The Morgan fingerprint density at radius 3 is 2.22 bits per heavy atom. The third-order valence-corrected chi connectivity index (χ3v) is 3.87. The molecule has 0 saturated carbocycles. The molecule has 0 bridgehead atoms. The van der Waals surface area contributed by atoms with Crippen LogP contribution in [-0.4, -0.2) is 30.0 Å². The Bertz CT molecular complexity index is 641. The molecule has 1 aliphatic carbocycles. The first kappa shape index (κ1) is 17.1. The largest absolute Gasteiger partial charge is 0.497 e. The van der Waals surface area contributed by atoms with Crippen molar-refractivity contribution in [2.45, 2.75) is 39.8 Å². The SMILES string of the molecule is COc1ccc(/C=C2\C=CC=C2C(=O)N(C(C)C)C(C)C)cc1. The summed E-state index contributed by atoms with van der Waals surface area (Å²) in [6.07, 6.45) is 7.85. The number of amides is 1. The normalized spacial score (nSPS) is 15.4. The topological polar surface area (TPSA) is 29.5 Å². The van der Waals surface area contributed by atoms with Gasteiger partial charge in [-0.1, -0.05) is 24.3 Å². The molecule has 0 fully saturated rings. The summed E-state index contributed by atoms with van der Waals surface area (Å²) in [5, 5.41) is 0. The number of nitrogens with zero attached hydrogens (tertiary/aromatic N) is 1. The fraction of sp³-hybridized carbons (Fsp3) is 0.350. The highest BCUT2D eigenvalue weighted by Gasteiger charge is 2.25. The number of carbonyl (C=O) groups excluding carboxylic acids is 1. The van der Waals surface area contributed by atoms with Crippen LogP contribution in [0.5, 0.6) is 5.75 Å².